The summed E-state index contributed by atoms with van der Waals surface area (Å²) in [5.41, 5.74) is 3.29. The van der Waals surface area contributed by atoms with Gasteiger partial charge in [0.2, 0.25) is 0 Å². The van der Waals surface area contributed by atoms with E-state index < -0.39 is 17.8 Å². The molecule has 0 radical (unpaired) electrons. The van der Waals surface area contributed by atoms with Crippen molar-refractivity contribution in [1.29, 1.82) is 0 Å². The normalized spacial score (nSPS) is 10.5. The van der Waals surface area contributed by atoms with Crippen molar-refractivity contribution in [1.82, 2.24) is 5.43 Å². The standard InChI is InChI=1S/C18H15Cl2N3O4/c1-2-27-18(26)11-4-7-14(8-5-11)22-16(24)17(25)23-21-10-12-3-6-13(19)9-15(12)20/h3-10H,2H2,1H3,(H,22,24)(H,23,25)/b21-10-. The number of esters is 1. The van der Waals surface area contributed by atoms with Crippen LogP contribution in [0.15, 0.2) is 47.6 Å². The van der Waals surface area contributed by atoms with Gasteiger partial charge in [0.25, 0.3) is 0 Å². The number of carbonyl (C=O) groups is 3. The van der Waals surface area contributed by atoms with Gasteiger partial charge in [-0.2, -0.15) is 5.10 Å². The van der Waals surface area contributed by atoms with E-state index in [1.807, 2.05) is 0 Å². The van der Waals surface area contributed by atoms with Crippen LogP contribution in [0.25, 0.3) is 0 Å². The van der Waals surface area contributed by atoms with Crippen LogP contribution in [-0.2, 0) is 14.3 Å². The number of hydrogen-bond donors (Lipinski definition) is 2. The molecule has 0 saturated heterocycles. The average molecular weight is 408 g/mol. The number of halogens is 2. The summed E-state index contributed by atoms with van der Waals surface area (Å²) in [6.45, 7) is 1.97. The molecule has 0 aromatic heterocycles. The van der Waals surface area contributed by atoms with Gasteiger partial charge in [-0.25, -0.2) is 10.2 Å². The van der Waals surface area contributed by atoms with E-state index in [-0.39, 0.29) is 6.61 Å². The molecule has 2 aromatic carbocycles. The Morgan fingerprint density at radius 2 is 1.78 bits per heavy atom. The zero-order valence-electron chi connectivity index (χ0n) is 14.2. The highest BCUT2D eigenvalue weighted by Crippen LogP contribution is 2.19. The quantitative estimate of drug-likeness (QED) is 0.344. The van der Waals surface area contributed by atoms with Crippen molar-refractivity contribution < 1.29 is 19.1 Å². The van der Waals surface area contributed by atoms with Crippen LogP contribution in [0.4, 0.5) is 5.69 Å². The van der Waals surface area contributed by atoms with Crippen molar-refractivity contribution in [2.24, 2.45) is 5.10 Å². The number of amides is 2. The first-order chi connectivity index (χ1) is 12.9. The number of hydrogen-bond acceptors (Lipinski definition) is 5. The van der Waals surface area contributed by atoms with Crippen molar-refractivity contribution in [3.05, 3.63) is 63.6 Å². The molecule has 0 unspecified atom stereocenters. The first kappa shape index (κ1) is 20.4. The van der Waals surface area contributed by atoms with Crippen LogP contribution in [0.2, 0.25) is 10.0 Å². The van der Waals surface area contributed by atoms with Gasteiger partial charge in [0.1, 0.15) is 0 Å². The van der Waals surface area contributed by atoms with Crippen molar-refractivity contribution in [3.8, 4) is 0 Å². The molecule has 7 nitrogen and oxygen atoms in total. The number of nitrogens with zero attached hydrogens (tertiary/aromatic N) is 1. The zero-order valence-corrected chi connectivity index (χ0v) is 15.7. The minimum Gasteiger partial charge on any atom is -0.462 e. The fourth-order valence-corrected chi connectivity index (χ4v) is 2.37. The smallest absolute Gasteiger partial charge is 0.338 e. The van der Waals surface area contributed by atoms with E-state index in [4.69, 9.17) is 27.9 Å². The second-order valence-corrected chi connectivity index (χ2v) is 5.96. The lowest BCUT2D eigenvalue weighted by Gasteiger charge is -2.05. The molecular weight excluding hydrogens is 393 g/mol. The number of carbonyl (C=O) groups excluding carboxylic acids is 3. The fourth-order valence-electron chi connectivity index (χ4n) is 1.91. The number of ether oxygens (including phenoxy) is 1. The Kier molecular flexibility index (Phi) is 7.34. The Morgan fingerprint density at radius 3 is 2.41 bits per heavy atom. The molecule has 0 heterocycles. The van der Waals surface area contributed by atoms with Crippen LogP contribution in [-0.4, -0.2) is 30.6 Å². The van der Waals surface area contributed by atoms with Gasteiger partial charge in [-0.05, 0) is 43.3 Å². The molecule has 0 spiro atoms. The largest absolute Gasteiger partial charge is 0.462 e. The third-order valence-electron chi connectivity index (χ3n) is 3.19. The highest BCUT2D eigenvalue weighted by molar-refractivity contribution is 6.39. The van der Waals surface area contributed by atoms with Crippen LogP contribution < -0.4 is 10.7 Å². The van der Waals surface area contributed by atoms with Crippen molar-refractivity contribution >= 4 is 52.9 Å². The molecule has 0 saturated carbocycles. The van der Waals surface area contributed by atoms with Crippen molar-refractivity contribution in [2.75, 3.05) is 11.9 Å². The van der Waals surface area contributed by atoms with Crippen LogP contribution in [0.3, 0.4) is 0 Å². The van der Waals surface area contributed by atoms with Gasteiger partial charge in [-0.3, -0.25) is 9.59 Å². The van der Waals surface area contributed by atoms with Gasteiger partial charge < -0.3 is 10.1 Å². The van der Waals surface area contributed by atoms with E-state index in [2.05, 4.69) is 15.8 Å². The second kappa shape index (κ2) is 9.70. The van der Waals surface area contributed by atoms with Crippen LogP contribution in [0.1, 0.15) is 22.8 Å². The van der Waals surface area contributed by atoms with Crippen LogP contribution in [0, 0.1) is 0 Å². The molecule has 0 aliphatic heterocycles. The zero-order chi connectivity index (χ0) is 19.8. The van der Waals surface area contributed by atoms with Gasteiger partial charge in [0, 0.05) is 16.3 Å². The fraction of sp³-hybridized carbons (Fsp3) is 0.111. The molecule has 0 atom stereocenters. The first-order valence-corrected chi connectivity index (χ1v) is 8.53. The number of hydrazone groups is 1. The molecule has 140 valence electrons. The molecular formula is C18H15Cl2N3O4. The summed E-state index contributed by atoms with van der Waals surface area (Å²) in [6, 6.07) is 10.7. The molecule has 27 heavy (non-hydrogen) atoms. The first-order valence-electron chi connectivity index (χ1n) is 7.77. The van der Waals surface area contributed by atoms with Crippen molar-refractivity contribution in [3.63, 3.8) is 0 Å². The summed E-state index contributed by atoms with van der Waals surface area (Å²) in [6.07, 6.45) is 1.29. The summed E-state index contributed by atoms with van der Waals surface area (Å²) in [7, 11) is 0. The molecule has 2 N–H and O–H groups in total. The van der Waals surface area contributed by atoms with Crippen LogP contribution in [0.5, 0.6) is 0 Å². The van der Waals surface area contributed by atoms with E-state index in [0.717, 1.165) is 0 Å². The minimum atomic E-state index is -0.967. The molecule has 0 aliphatic rings. The topological polar surface area (TPSA) is 96.9 Å². The second-order valence-electron chi connectivity index (χ2n) is 5.12. The molecule has 0 aliphatic carbocycles. The molecule has 2 amide bonds. The summed E-state index contributed by atoms with van der Waals surface area (Å²) < 4.78 is 4.86. The SMILES string of the molecule is CCOC(=O)c1ccc(NC(=O)C(=O)N/N=C\c2ccc(Cl)cc2Cl)cc1. The third-order valence-corrected chi connectivity index (χ3v) is 3.75. The summed E-state index contributed by atoms with van der Waals surface area (Å²) in [5.74, 6) is -2.35. The monoisotopic (exact) mass is 407 g/mol. The van der Waals surface area contributed by atoms with Crippen molar-refractivity contribution in [2.45, 2.75) is 6.92 Å². The van der Waals surface area contributed by atoms with Gasteiger partial charge in [0.15, 0.2) is 0 Å². The minimum absolute atomic E-state index is 0.263. The summed E-state index contributed by atoms with van der Waals surface area (Å²) in [4.78, 5) is 35.2. The highest BCUT2D eigenvalue weighted by atomic mass is 35.5. The maximum absolute atomic E-state index is 11.9. The number of rotatable bonds is 5. The highest BCUT2D eigenvalue weighted by Gasteiger charge is 2.13. The molecule has 2 aromatic rings. The maximum Gasteiger partial charge on any atom is 0.338 e. The van der Waals surface area contributed by atoms with Gasteiger partial charge in [-0.15, -0.1) is 0 Å². The van der Waals surface area contributed by atoms with E-state index in [1.54, 1.807) is 19.1 Å². The molecule has 0 bridgehead atoms. The Hall–Kier alpha value is -2.90. The number of benzene rings is 2. The number of anilines is 1. The Balaban J connectivity index is 1.90. The third kappa shape index (κ3) is 6.09. The molecule has 0 fully saturated rings. The van der Waals surface area contributed by atoms with Gasteiger partial charge >= 0.3 is 17.8 Å². The van der Waals surface area contributed by atoms with Crippen LogP contribution >= 0.6 is 23.2 Å². The number of nitrogens with one attached hydrogen (secondary N) is 2. The Morgan fingerprint density at radius 1 is 1.07 bits per heavy atom. The predicted octanol–water partition coefficient (Wildman–Crippen LogP) is 3.26. The van der Waals surface area contributed by atoms with E-state index in [1.165, 1.54) is 36.5 Å². The lowest BCUT2D eigenvalue weighted by atomic mass is 10.2. The average Bonchev–Trinajstić information content (AvgIpc) is 2.64. The Bertz CT molecular complexity index is 883. The predicted molar refractivity (Wildman–Crippen MR) is 103 cm³/mol. The van der Waals surface area contributed by atoms with E-state index in [0.29, 0.717) is 26.9 Å². The van der Waals surface area contributed by atoms with Gasteiger partial charge in [0.05, 0.1) is 23.4 Å². The molecule has 2 rings (SSSR count). The van der Waals surface area contributed by atoms with E-state index in [9.17, 15) is 14.4 Å². The summed E-state index contributed by atoms with van der Waals surface area (Å²) >= 11 is 11.8. The van der Waals surface area contributed by atoms with E-state index >= 15 is 0 Å². The maximum atomic E-state index is 11.9. The lowest BCUT2D eigenvalue weighted by molar-refractivity contribution is -0.136. The van der Waals surface area contributed by atoms with Gasteiger partial charge in [-0.1, -0.05) is 29.3 Å². The lowest BCUT2D eigenvalue weighted by Crippen LogP contribution is -2.32. The summed E-state index contributed by atoms with van der Waals surface area (Å²) in [5, 5.41) is 6.89. The molecule has 9 heteroatoms. The Labute approximate surface area is 165 Å².